The van der Waals surface area contributed by atoms with Gasteiger partial charge in [-0.25, -0.2) is 4.79 Å². The number of hydrogen-bond acceptors (Lipinski definition) is 7. The molecule has 1 aliphatic rings. The Kier molecular flexibility index (Phi) is 6.31. The normalized spacial score (nSPS) is 16.1. The third-order valence-electron chi connectivity index (χ3n) is 4.49. The average molecular weight is 376 g/mol. The van der Waals surface area contributed by atoms with Gasteiger partial charge in [-0.2, -0.15) is 4.74 Å². The van der Waals surface area contributed by atoms with E-state index in [0.717, 1.165) is 18.7 Å². The zero-order valence-electron chi connectivity index (χ0n) is 15.6. The molecule has 2 aromatic rings. The standard InChI is InChI=1S/C19H24N2O6/c1-14-17(15-6-4-3-5-7-15)27-21(18(14)22)13-16(26-19(23)24-2)12-20-8-10-25-11-9-20/h3-7,16H,8-13H2,1-2H3. The second-order valence-electron chi connectivity index (χ2n) is 6.38. The van der Waals surface area contributed by atoms with Crippen LogP contribution in [0.25, 0.3) is 11.3 Å². The lowest BCUT2D eigenvalue weighted by Crippen LogP contribution is -2.44. The van der Waals surface area contributed by atoms with Gasteiger partial charge in [0.1, 0.15) is 6.10 Å². The van der Waals surface area contributed by atoms with Crippen LogP contribution in [0.15, 0.2) is 39.6 Å². The lowest BCUT2D eigenvalue weighted by atomic mass is 10.1. The number of hydrogen-bond donors (Lipinski definition) is 0. The number of morpholine rings is 1. The monoisotopic (exact) mass is 376 g/mol. The molecule has 1 aliphatic heterocycles. The molecule has 146 valence electrons. The molecule has 1 fully saturated rings. The Morgan fingerprint density at radius 2 is 1.89 bits per heavy atom. The third kappa shape index (κ3) is 4.78. The molecule has 3 rings (SSSR count). The Labute approximate surface area is 157 Å². The van der Waals surface area contributed by atoms with Gasteiger partial charge in [0.15, 0.2) is 5.76 Å². The summed E-state index contributed by atoms with van der Waals surface area (Å²) in [5.74, 6) is 0.517. The highest BCUT2D eigenvalue weighted by Crippen LogP contribution is 2.21. The van der Waals surface area contributed by atoms with Gasteiger partial charge in [0.05, 0.1) is 32.4 Å². The van der Waals surface area contributed by atoms with Gasteiger partial charge in [0, 0.05) is 25.2 Å². The molecule has 2 heterocycles. The predicted molar refractivity (Wildman–Crippen MR) is 97.7 cm³/mol. The molecule has 1 aromatic carbocycles. The molecule has 8 nitrogen and oxygen atoms in total. The van der Waals surface area contributed by atoms with Crippen LogP contribution in [0.3, 0.4) is 0 Å². The predicted octanol–water partition coefficient (Wildman–Crippen LogP) is 1.90. The fraction of sp³-hybridized carbons (Fsp3) is 0.474. The van der Waals surface area contributed by atoms with Gasteiger partial charge in [-0.15, -0.1) is 0 Å². The maximum absolute atomic E-state index is 12.6. The van der Waals surface area contributed by atoms with Gasteiger partial charge in [0.25, 0.3) is 5.56 Å². The summed E-state index contributed by atoms with van der Waals surface area (Å²) < 4.78 is 22.3. The molecular weight excluding hydrogens is 352 g/mol. The van der Waals surface area contributed by atoms with Crippen molar-refractivity contribution >= 4 is 6.16 Å². The van der Waals surface area contributed by atoms with E-state index in [-0.39, 0.29) is 12.1 Å². The zero-order valence-corrected chi connectivity index (χ0v) is 15.6. The van der Waals surface area contributed by atoms with Crippen molar-refractivity contribution in [2.24, 2.45) is 0 Å². The van der Waals surface area contributed by atoms with Crippen molar-refractivity contribution in [3.63, 3.8) is 0 Å². The van der Waals surface area contributed by atoms with Crippen LogP contribution in [0, 0.1) is 6.92 Å². The van der Waals surface area contributed by atoms with E-state index in [1.165, 1.54) is 11.8 Å². The summed E-state index contributed by atoms with van der Waals surface area (Å²) in [6.07, 6.45) is -1.37. The molecule has 0 radical (unpaired) electrons. The fourth-order valence-electron chi connectivity index (χ4n) is 3.06. The van der Waals surface area contributed by atoms with E-state index in [4.69, 9.17) is 14.0 Å². The number of carbonyl (C=O) groups excluding carboxylic acids is 1. The smallest absolute Gasteiger partial charge is 0.438 e. The summed E-state index contributed by atoms with van der Waals surface area (Å²) in [6.45, 7) is 5.03. The van der Waals surface area contributed by atoms with Gasteiger partial charge < -0.3 is 18.7 Å². The Hall–Kier alpha value is -2.58. The summed E-state index contributed by atoms with van der Waals surface area (Å²) in [7, 11) is 1.25. The number of rotatable bonds is 6. The van der Waals surface area contributed by atoms with Crippen LogP contribution in [0.5, 0.6) is 0 Å². The first-order chi connectivity index (χ1) is 13.1. The molecular formula is C19H24N2O6. The van der Waals surface area contributed by atoms with Gasteiger partial charge in [0.2, 0.25) is 0 Å². The van der Waals surface area contributed by atoms with Crippen molar-refractivity contribution in [1.29, 1.82) is 0 Å². The largest absolute Gasteiger partial charge is 0.508 e. The molecule has 27 heavy (non-hydrogen) atoms. The summed E-state index contributed by atoms with van der Waals surface area (Å²) in [5.41, 5.74) is 1.10. The Morgan fingerprint density at radius 3 is 2.56 bits per heavy atom. The van der Waals surface area contributed by atoms with Crippen LogP contribution in [-0.2, 0) is 20.8 Å². The number of carbonyl (C=O) groups is 1. The van der Waals surface area contributed by atoms with Gasteiger partial charge in [-0.3, -0.25) is 9.69 Å². The molecule has 1 atom stereocenters. The molecule has 0 saturated carbocycles. The van der Waals surface area contributed by atoms with Crippen molar-refractivity contribution in [2.75, 3.05) is 40.0 Å². The van der Waals surface area contributed by atoms with E-state index in [9.17, 15) is 9.59 Å². The average Bonchev–Trinajstić information content (AvgIpc) is 2.97. The van der Waals surface area contributed by atoms with Crippen LogP contribution in [0.1, 0.15) is 5.56 Å². The van der Waals surface area contributed by atoms with E-state index < -0.39 is 12.3 Å². The maximum atomic E-state index is 12.6. The maximum Gasteiger partial charge on any atom is 0.508 e. The van der Waals surface area contributed by atoms with E-state index in [1.807, 2.05) is 30.3 Å². The highest BCUT2D eigenvalue weighted by atomic mass is 16.7. The third-order valence-corrected chi connectivity index (χ3v) is 4.49. The van der Waals surface area contributed by atoms with Crippen molar-refractivity contribution in [2.45, 2.75) is 19.6 Å². The SMILES string of the molecule is COC(=O)OC(CN1CCOCC1)Cn1oc(-c2ccccc2)c(C)c1=O. The molecule has 8 heteroatoms. The van der Waals surface area contributed by atoms with Gasteiger partial charge in [-0.05, 0) is 6.92 Å². The van der Waals surface area contributed by atoms with E-state index in [1.54, 1.807) is 6.92 Å². The van der Waals surface area contributed by atoms with Crippen LogP contribution >= 0.6 is 0 Å². The molecule has 0 amide bonds. The molecule has 0 spiro atoms. The Bertz CT molecular complexity index is 807. The van der Waals surface area contributed by atoms with Crippen molar-refractivity contribution < 1.29 is 23.5 Å². The quantitative estimate of drug-likeness (QED) is 0.712. The molecule has 0 N–H and O–H groups in total. The Morgan fingerprint density at radius 1 is 1.19 bits per heavy atom. The summed E-state index contributed by atoms with van der Waals surface area (Å²) >= 11 is 0. The zero-order chi connectivity index (χ0) is 19.2. The van der Waals surface area contributed by atoms with Crippen LogP contribution in [0.2, 0.25) is 0 Å². The molecule has 1 aromatic heterocycles. The highest BCUT2D eigenvalue weighted by molar-refractivity contribution is 5.60. The first-order valence-corrected chi connectivity index (χ1v) is 8.89. The summed E-state index contributed by atoms with van der Waals surface area (Å²) in [6, 6.07) is 9.43. The van der Waals surface area contributed by atoms with Crippen LogP contribution in [-0.4, -0.2) is 61.9 Å². The first kappa shape index (κ1) is 19.2. The second-order valence-corrected chi connectivity index (χ2v) is 6.38. The molecule has 1 saturated heterocycles. The number of methoxy groups -OCH3 is 1. The van der Waals surface area contributed by atoms with E-state index in [0.29, 0.717) is 31.1 Å². The number of ether oxygens (including phenoxy) is 3. The number of aromatic nitrogens is 1. The lowest BCUT2D eigenvalue weighted by Gasteiger charge is -2.29. The lowest BCUT2D eigenvalue weighted by molar-refractivity contribution is -0.0183. The first-order valence-electron chi connectivity index (χ1n) is 8.89. The summed E-state index contributed by atoms with van der Waals surface area (Å²) in [4.78, 5) is 26.4. The summed E-state index contributed by atoms with van der Waals surface area (Å²) in [5, 5.41) is 0. The van der Waals surface area contributed by atoms with Crippen molar-refractivity contribution in [3.05, 3.63) is 46.2 Å². The topological polar surface area (TPSA) is 83.1 Å². The highest BCUT2D eigenvalue weighted by Gasteiger charge is 2.24. The minimum atomic E-state index is -0.784. The molecule has 0 bridgehead atoms. The van der Waals surface area contributed by atoms with Crippen molar-refractivity contribution in [1.82, 2.24) is 9.64 Å². The van der Waals surface area contributed by atoms with Gasteiger partial charge in [-0.1, -0.05) is 30.3 Å². The second kappa shape index (κ2) is 8.88. The molecule has 1 unspecified atom stereocenters. The van der Waals surface area contributed by atoms with Crippen LogP contribution < -0.4 is 5.56 Å². The number of nitrogens with zero attached hydrogens (tertiary/aromatic N) is 2. The van der Waals surface area contributed by atoms with Gasteiger partial charge >= 0.3 is 6.16 Å². The van der Waals surface area contributed by atoms with E-state index >= 15 is 0 Å². The van der Waals surface area contributed by atoms with Crippen molar-refractivity contribution in [3.8, 4) is 11.3 Å². The molecule has 0 aliphatic carbocycles. The van der Waals surface area contributed by atoms with Crippen LogP contribution in [0.4, 0.5) is 4.79 Å². The minimum absolute atomic E-state index is 0.110. The Balaban J connectivity index is 1.80. The van der Waals surface area contributed by atoms with E-state index in [2.05, 4.69) is 9.64 Å². The fourth-order valence-corrected chi connectivity index (χ4v) is 3.06. The minimum Gasteiger partial charge on any atom is -0.438 e. The number of benzene rings is 1.